The molecule has 5 nitrogen and oxygen atoms in total. The Balaban J connectivity index is 2.23. The molecule has 2 aliphatic heterocycles. The number of fused-ring (bicyclic) bond motifs is 1. The number of nitrogens with two attached hydrogens (primary N) is 1. The normalized spacial score (nSPS) is 37.5. The second kappa shape index (κ2) is 2.02. The number of amides is 2. The summed E-state index contributed by atoms with van der Waals surface area (Å²) in [6.07, 6.45) is 0. The van der Waals surface area contributed by atoms with Gasteiger partial charge in [0.15, 0.2) is 0 Å². The van der Waals surface area contributed by atoms with Crippen LogP contribution in [-0.2, 0) is 9.59 Å². The lowest BCUT2D eigenvalue weighted by molar-refractivity contribution is -0.126. The summed E-state index contributed by atoms with van der Waals surface area (Å²) >= 11 is 0. The van der Waals surface area contributed by atoms with Crippen molar-refractivity contribution in [2.75, 3.05) is 13.1 Å². The fourth-order valence-corrected chi connectivity index (χ4v) is 1.67. The number of nitrogens with zero attached hydrogens (tertiary/aromatic N) is 1. The number of hydrazine groups is 1. The SMILES string of the molecule is NN1C[C@H]2C(=O)NC(=O)[C@@H]2C1. The Morgan fingerprint density at radius 3 is 2.18 bits per heavy atom. The van der Waals surface area contributed by atoms with Gasteiger partial charge in [0, 0.05) is 13.1 Å². The molecule has 2 atom stereocenters. The first-order chi connectivity index (χ1) is 5.18. The molecule has 2 amide bonds. The van der Waals surface area contributed by atoms with E-state index < -0.39 is 0 Å². The molecule has 0 unspecified atom stereocenters. The zero-order valence-corrected chi connectivity index (χ0v) is 5.91. The van der Waals surface area contributed by atoms with Gasteiger partial charge in [-0.05, 0) is 0 Å². The van der Waals surface area contributed by atoms with E-state index in [1.807, 2.05) is 0 Å². The topological polar surface area (TPSA) is 75.4 Å². The van der Waals surface area contributed by atoms with Crippen LogP contribution in [0.3, 0.4) is 0 Å². The van der Waals surface area contributed by atoms with Crippen LogP contribution in [0.1, 0.15) is 0 Å². The molecule has 60 valence electrons. The molecule has 2 fully saturated rings. The third kappa shape index (κ3) is 0.849. The molecule has 2 rings (SSSR count). The highest BCUT2D eigenvalue weighted by atomic mass is 16.2. The van der Waals surface area contributed by atoms with Gasteiger partial charge in [-0.25, -0.2) is 5.01 Å². The Bertz CT molecular complexity index is 206. The Morgan fingerprint density at radius 2 is 1.73 bits per heavy atom. The lowest BCUT2D eigenvalue weighted by atomic mass is 10.00. The number of hydrogen-bond donors (Lipinski definition) is 2. The number of carbonyl (C=O) groups is 2. The Hall–Kier alpha value is -0.940. The minimum Gasteiger partial charge on any atom is -0.296 e. The van der Waals surface area contributed by atoms with Gasteiger partial charge >= 0.3 is 0 Å². The van der Waals surface area contributed by atoms with Gasteiger partial charge in [-0.2, -0.15) is 0 Å². The average molecular weight is 155 g/mol. The molecule has 0 aromatic heterocycles. The molecule has 0 bridgehead atoms. The van der Waals surface area contributed by atoms with Crippen LogP contribution in [-0.4, -0.2) is 29.9 Å². The molecule has 0 radical (unpaired) electrons. The van der Waals surface area contributed by atoms with Crippen LogP contribution in [0, 0.1) is 11.8 Å². The van der Waals surface area contributed by atoms with Gasteiger partial charge in [0.05, 0.1) is 11.8 Å². The molecule has 11 heavy (non-hydrogen) atoms. The summed E-state index contributed by atoms with van der Waals surface area (Å²) in [5, 5.41) is 3.80. The predicted octanol–water partition coefficient (Wildman–Crippen LogP) is -1.94. The van der Waals surface area contributed by atoms with E-state index in [-0.39, 0.29) is 23.7 Å². The van der Waals surface area contributed by atoms with Crippen molar-refractivity contribution in [2.24, 2.45) is 17.7 Å². The molecular formula is C6H9N3O2. The van der Waals surface area contributed by atoms with Gasteiger partial charge in [-0.1, -0.05) is 0 Å². The quantitative estimate of drug-likeness (QED) is 0.315. The van der Waals surface area contributed by atoms with E-state index in [1.165, 1.54) is 5.01 Å². The summed E-state index contributed by atoms with van der Waals surface area (Å²) < 4.78 is 0. The molecule has 3 N–H and O–H groups in total. The number of imide groups is 1. The van der Waals surface area contributed by atoms with Crippen molar-refractivity contribution < 1.29 is 9.59 Å². The first-order valence-electron chi connectivity index (χ1n) is 3.53. The molecule has 0 aromatic rings. The Labute approximate surface area is 63.5 Å². The average Bonchev–Trinajstić information content (AvgIpc) is 2.38. The van der Waals surface area contributed by atoms with E-state index >= 15 is 0 Å². The molecule has 0 aliphatic carbocycles. The highest BCUT2D eigenvalue weighted by molar-refractivity contribution is 6.05. The first kappa shape index (κ1) is 6.75. The van der Waals surface area contributed by atoms with Crippen LogP contribution < -0.4 is 11.2 Å². The molecule has 0 aromatic carbocycles. The summed E-state index contributed by atoms with van der Waals surface area (Å²) in [5.74, 6) is 4.70. The summed E-state index contributed by atoms with van der Waals surface area (Å²) in [6, 6.07) is 0. The number of hydrogen-bond acceptors (Lipinski definition) is 4. The second-order valence-electron chi connectivity index (χ2n) is 3.02. The van der Waals surface area contributed by atoms with E-state index in [4.69, 9.17) is 5.84 Å². The largest absolute Gasteiger partial charge is 0.296 e. The smallest absolute Gasteiger partial charge is 0.231 e. The van der Waals surface area contributed by atoms with Crippen molar-refractivity contribution in [3.05, 3.63) is 0 Å². The molecular weight excluding hydrogens is 146 g/mol. The number of rotatable bonds is 0. The highest BCUT2D eigenvalue weighted by Crippen LogP contribution is 2.25. The fourth-order valence-electron chi connectivity index (χ4n) is 1.67. The fraction of sp³-hybridized carbons (Fsp3) is 0.667. The molecule has 2 saturated heterocycles. The maximum atomic E-state index is 11.0. The molecule has 2 aliphatic rings. The van der Waals surface area contributed by atoms with Crippen LogP contribution in [0.15, 0.2) is 0 Å². The standard InChI is InChI=1S/C6H9N3O2/c7-9-1-3-4(2-9)6(11)8-5(3)10/h3-4H,1-2,7H2,(H,8,10,11)/t3-,4-/m1/s1. The summed E-state index contributed by atoms with van der Waals surface area (Å²) in [7, 11) is 0. The second-order valence-corrected chi connectivity index (χ2v) is 3.02. The molecule has 0 spiro atoms. The minimum atomic E-state index is -0.201. The van der Waals surface area contributed by atoms with Crippen LogP contribution in [0.4, 0.5) is 0 Å². The van der Waals surface area contributed by atoms with E-state index in [1.54, 1.807) is 0 Å². The predicted molar refractivity (Wildman–Crippen MR) is 35.9 cm³/mol. The minimum absolute atomic E-state index is 0.173. The van der Waals surface area contributed by atoms with E-state index in [9.17, 15) is 9.59 Å². The molecule has 2 heterocycles. The third-order valence-corrected chi connectivity index (χ3v) is 2.27. The Kier molecular flexibility index (Phi) is 1.24. The monoisotopic (exact) mass is 155 g/mol. The van der Waals surface area contributed by atoms with Crippen molar-refractivity contribution in [3.8, 4) is 0 Å². The van der Waals surface area contributed by atoms with Crippen molar-refractivity contribution in [3.63, 3.8) is 0 Å². The van der Waals surface area contributed by atoms with Gasteiger partial charge in [0.2, 0.25) is 11.8 Å². The van der Waals surface area contributed by atoms with Gasteiger partial charge in [-0.15, -0.1) is 0 Å². The lowest BCUT2D eigenvalue weighted by Crippen LogP contribution is -2.35. The van der Waals surface area contributed by atoms with Gasteiger partial charge < -0.3 is 0 Å². The van der Waals surface area contributed by atoms with Crippen molar-refractivity contribution in [1.82, 2.24) is 10.3 Å². The number of carbonyl (C=O) groups excluding carboxylic acids is 2. The highest BCUT2D eigenvalue weighted by Gasteiger charge is 2.46. The maximum absolute atomic E-state index is 11.0. The van der Waals surface area contributed by atoms with Crippen molar-refractivity contribution in [1.29, 1.82) is 0 Å². The van der Waals surface area contributed by atoms with Crippen molar-refractivity contribution >= 4 is 11.8 Å². The summed E-state index contributed by atoms with van der Waals surface area (Å²) in [5.41, 5.74) is 0. The molecule has 5 heteroatoms. The van der Waals surface area contributed by atoms with Gasteiger partial charge in [-0.3, -0.25) is 20.7 Å². The first-order valence-corrected chi connectivity index (χ1v) is 3.53. The zero-order valence-electron chi connectivity index (χ0n) is 5.91. The van der Waals surface area contributed by atoms with Gasteiger partial charge in [0.1, 0.15) is 0 Å². The summed E-state index contributed by atoms with van der Waals surface area (Å²) in [4.78, 5) is 22.0. The third-order valence-electron chi connectivity index (χ3n) is 2.27. The maximum Gasteiger partial charge on any atom is 0.231 e. The van der Waals surface area contributed by atoms with Crippen molar-refractivity contribution in [2.45, 2.75) is 0 Å². The van der Waals surface area contributed by atoms with Crippen LogP contribution in [0.25, 0.3) is 0 Å². The van der Waals surface area contributed by atoms with Crippen LogP contribution in [0.5, 0.6) is 0 Å². The van der Waals surface area contributed by atoms with E-state index in [2.05, 4.69) is 5.32 Å². The number of nitrogens with one attached hydrogen (secondary N) is 1. The van der Waals surface area contributed by atoms with Crippen LogP contribution in [0.2, 0.25) is 0 Å². The lowest BCUT2D eigenvalue weighted by Gasteiger charge is -2.06. The van der Waals surface area contributed by atoms with E-state index in [0.717, 1.165) is 0 Å². The molecule has 0 saturated carbocycles. The van der Waals surface area contributed by atoms with Crippen LogP contribution >= 0.6 is 0 Å². The summed E-state index contributed by atoms with van der Waals surface area (Å²) in [6.45, 7) is 1.00. The zero-order chi connectivity index (χ0) is 8.01. The van der Waals surface area contributed by atoms with E-state index in [0.29, 0.717) is 13.1 Å². The van der Waals surface area contributed by atoms with Gasteiger partial charge in [0.25, 0.3) is 0 Å². The Morgan fingerprint density at radius 1 is 1.27 bits per heavy atom.